The molecular formula is C30H48O2. The Bertz CT molecular complexity index is 812. The van der Waals surface area contributed by atoms with Crippen LogP contribution in [0.1, 0.15) is 99.8 Å². The first-order chi connectivity index (χ1) is 15.0. The molecule has 0 aromatic heterocycles. The van der Waals surface area contributed by atoms with E-state index < -0.39 is 0 Å². The van der Waals surface area contributed by atoms with Crippen LogP contribution in [0.3, 0.4) is 0 Å². The molecule has 0 aromatic rings. The minimum Gasteiger partial charge on any atom is -0.393 e. The van der Waals surface area contributed by atoms with Gasteiger partial charge in [-0.25, -0.2) is 0 Å². The molecule has 2 nitrogen and oxygen atoms in total. The summed E-state index contributed by atoms with van der Waals surface area (Å²) in [5.74, 6) is 5.78. The highest BCUT2D eigenvalue weighted by atomic mass is 16.3. The number of allylic oxidation sites excluding steroid dienone is 1. The fraction of sp³-hybridized carbons (Fsp3) is 0.900. The zero-order valence-corrected chi connectivity index (χ0v) is 21.8. The van der Waals surface area contributed by atoms with Crippen molar-refractivity contribution in [3.8, 4) is 0 Å². The molecule has 1 N–H and O–H groups in total. The van der Waals surface area contributed by atoms with Crippen LogP contribution in [0.25, 0.3) is 0 Å². The summed E-state index contributed by atoms with van der Waals surface area (Å²) in [7, 11) is 0. The van der Waals surface area contributed by atoms with E-state index in [1.807, 2.05) is 0 Å². The number of aldehydes is 1. The Hall–Kier alpha value is -0.630. The summed E-state index contributed by atoms with van der Waals surface area (Å²) in [5.41, 5.74) is 3.55. The second-order valence-electron chi connectivity index (χ2n) is 14.0. The van der Waals surface area contributed by atoms with Crippen LogP contribution >= 0.6 is 0 Å². The number of rotatable bonds is 5. The Balaban J connectivity index is 1.42. The van der Waals surface area contributed by atoms with Crippen LogP contribution in [0.5, 0.6) is 0 Å². The van der Waals surface area contributed by atoms with E-state index in [9.17, 15) is 9.90 Å². The predicted molar refractivity (Wildman–Crippen MR) is 131 cm³/mol. The number of carbonyl (C=O) groups is 1. The third-order valence-corrected chi connectivity index (χ3v) is 12.8. The molecule has 11 atom stereocenters. The number of aliphatic hydroxyl groups excluding tert-OH is 1. The molecule has 0 heterocycles. The average molecular weight is 441 g/mol. The van der Waals surface area contributed by atoms with Gasteiger partial charge < -0.3 is 5.11 Å². The molecule has 4 saturated carbocycles. The van der Waals surface area contributed by atoms with Gasteiger partial charge in [0.25, 0.3) is 0 Å². The topological polar surface area (TPSA) is 37.3 Å². The van der Waals surface area contributed by atoms with E-state index >= 15 is 0 Å². The summed E-state index contributed by atoms with van der Waals surface area (Å²) in [6, 6.07) is 0. The van der Waals surface area contributed by atoms with Crippen LogP contribution in [-0.2, 0) is 4.79 Å². The van der Waals surface area contributed by atoms with Gasteiger partial charge in [-0.1, -0.05) is 54.0 Å². The van der Waals surface area contributed by atoms with Crippen LogP contribution in [-0.4, -0.2) is 17.5 Å². The van der Waals surface area contributed by atoms with Gasteiger partial charge in [0.1, 0.15) is 6.29 Å². The molecule has 0 amide bonds. The standard InChI is InChI=1S/C30H48O2/c1-17(2)19(4)30(7)15-26(30)18(3)22-8-9-23-27-21(16-31)25-14-20(32)10-12-29(25,6)24(27)11-13-28(22,23)5/h16-20,22-24,26-27,32H,8-15H2,1-7H3/t18-,19+,20-,22+,23-,24-,26+,27-,28+,29+,30+/m0/s1. The van der Waals surface area contributed by atoms with Gasteiger partial charge >= 0.3 is 0 Å². The van der Waals surface area contributed by atoms with Gasteiger partial charge in [0, 0.05) is 0 Å². The van der Waals surface area contributed by atoms with Crippen molar-refractivity contribution in [1.82, 2.24) is 0 Å². The molecule has 0 aliphatic heterocycles. The maximum Gasteiger partial charge on any atom is 0.146 e. The molecule has 2 heteroatoms. The van der Waals surface area contributed by atoms with Crippen LogP contribution in [0.2, 0.25) is 0 Å². The molecule has 0 spiro atoms. The highest BCUT2D eigenvalue weighted by Gasteiger charge is 2.65. The number of fused-ring (bicyclic) bond motifs is 5. The van der Waals surface area contributed by atoms with Crippen molar-refractivity contribution in [1.29, 1.82) is 0 Å². The largest absolute Gasteiger partial charge is 0.393 e. The molecule has 180 valence electrons. The Morgan fingerprint density at radius 1 is 0.938 bits per heavy atom. The monoisotopic (exact) mass is 440 g/mol. The third kappa shape index (κ3) is 2.96. The van der Waals surface area contributed by atoms with Crippen molar-refractivity contribution in [3.63, 3.8) is 0 Å². The molecule has 0 aromatic carbocycles. The van der Waals surface area contributed by atoms with Gasteiger partial charge in [0.15, 0.2) is 0 Å². The number of hydrogen-bond acceptors (Lipinski definition) is 2. The minimum absolute atomic E-state index is 0.160. The van der Waals surface area contributed by atoms with Crippen molar-refractivity contribution in [2.24, 2.45) is 63.6 Å². The fourth-order valence-corrected chi connectivity index (χ4v) is 10.4. The van der Waals surface area contributed by atoms with E-state index in [0.717, 1.165) is 54.4 Å². The zero-order valence-electron chi connectivity index (χ0n) is 21.8. The molecule has 5 aliphatic rings. The van der Waals surface area contributed by atoms with Crippen molar-refractivity contribution in [2.45, 2.75) is 106 Å². The molecule has 0 saturated heterocycles. The van der Waals surface area contributed by atoms with E-state index in [0.29, 0.717) is 28.6 Å². The summed E-state index contributed by atoms with van der Waals surface area (Å²) < 4.78 is 0. The maximum atomic E-state index is 12.5. The molecule has 32 heavy (non-hydrogen) atoms. The quantitative estimate of drug-likeness (QED) is 0.465. The summed E-state index contributed by atoms with van der Waals surface area (Å²) in [6.45, 7) is 17.5. The Morgan fingerprint density at radius 3 is 2.31 bits per heavy atom. The van der Waals surface area contributed by atoms with Crippen molar-refractivity contribution in [3.05, 3.63) is 11.1 Å². The highest BCUT2D eigenvalue weighted by Crippen LogP contribution is 2.72. The first-order valence-corrected chi connectivity index (χ1v) is 13.9. The molecular weight excluding hydrogens is 392 g/mol. The van der Waals surface area contributed by atoms with Crippen LogP contribution in [0.15, 0.2) is 11.1 Å². The highest BCUT2D eigenvalue weighted by molar-refractivity contribution is 5.78. The van der Waals surface area contributed by atoms with Gasteiger partial charge in [0.2, 0.25) is 0 Å². The van der Waals surface area contributed by atoms with Crippen molar-refractivity contribution < 1.29 is 9.90 Å². The second kappa shape index (κ2) is 7.43. The molecule has 5 aliphatic carbocycles. The lowest BCUT2D eigenvalue weighted by atomic mass is 9.52. The lowest BCUT2D eigenvalue weighted by Crippen LogP contribution is -2.46. The van der Waals surface area contributed by atoms with E-state index in [-0.39, 0.29) is 11.5 Å². The van der Waals surface area contributed by atoms with Crippen LogP contribution < -0.4 is 0 Å². The lowest BCUT2D eigenvalue weighted by molar-refractivity contribution is -0.106. The Kier molecular flexibility index (Phi) is 5.37. The van der Waals surface area contributed by atoms with Crippen molar-refractivity contribution >= 4 is 6.29 Å². The summed E-state index contributed by atoms with van der Waals surface area (Å²) in [5, 5.41) is 10.4. The Labute approximate surface area is 197 Å². The molecule has 5 rings (SSSR count). The number of aliphatic hydroxyl groups is 1. The summed E-state index contributed by atoms with van der Waals surface area (Å²) >= 11 is 0. The summed E-state index contributed by atoms with van der Waals surface area (Å²) in [4.78, 5) is 12.5. The number of carbonyl (C=O) groups excluding carboxylic acids is 1. The molecule has 0 radical (unpaired) electrons. The zero-order chi connectivity index (χ0) is 23.2. The van der Waals surface area contributed by atoms with E-state index in [1.165, 1.54) is 44.0 Å². The van der Waals surface area contributed by atoms with E-state index in [2.05, 4.69) is 48.5 Å². The molecule has 0 unspecified atom stereocenters. The first-order valence-electron chi connectivity index (χ1n) is 13.9. The van der Waals surface area contributed by atoms with E-state index in [4.69, 9.17) is 0 Å². The molecule has 4 fully saturated rings. The van der Waals surface area contributed by atoms with Crippen molar-refractivity contribution in [2.75, 3.05) is 0 Å². The first kappa shape index (κ1) is 23.1. The van der Waals surface area contributed by atoms with E-state index in [1.54, 1.807) is 0 Å². The third-order valence-electron chi connectivity index (χ3n) is 12.8. The normalized spacial score (nSPS) is 51.8. The SMILES string of the molecule is CC(C)[C@@H](C)[C@@]1(C)C[C@@H]1[C@@H](C)[C@H]1CC[C@H]2[C@@H]3C(C=O)=C4C[C@@H](O)CC[C@]4(C)[C@H]3CC[C@]12C. The maximum absolute atomic E-state index is 12.5. The lowest BCUT2D eigenvalue weighted by Gasteiger charge is -2.52. The molecule has 0 bridgehead atoms. The smallest absolute Gasteiger partial charge is 0.146 e. The van der Waals surface area contributed by atoms with Crippen LogP contribution in [0.4, 0.5) is 0 Å². The van der Waals surface area contributed by atoms with Crippen LogP contribution in [0, 0.1) is 63.6 Å². The van der Waals surface area contributed by atoms with Gasteiger partial charge in [-0.3, -0.25) is 4.79 Å². The predicted octanol–water partition coefficient (Wildman–Crippen LogP) is 7.06. The fourth-order valence-electron chi connectivity index (χ4n) is 10.4. The summed E-state index contributed by atoms with van der Waals surface area (Å²) in [6.07, 6.45) is 10.4. The van der Waals surface area contributed by atoms with Gasteiger partial charge in [-0.05, 0) is 121 Å². The Morgan fingerprint density at radius 2 is 1.66 bits per heavy atom. The average Bonchev–Trinajstić information content (AvgIpc) is 3.21. The van der Waals surface area contributed by atoms with Gasteiger partial charge in [-0.15, -0.1) is 0 Å². The van der Waals surface area contributed by atoms with Gasteiger partial charge in [0.05, 0.1) is 6.10 Å². The second-order valence-corrected chi connectivity index (χ2v) is 14.0. The minimum atomic E-state index is -0.244. The van der Waals surface area contributed by atoms with Gasteiger partial charge in [-0.2, -0.15) is 0 Å². The number of hydrogen-bond donors (Lipinski definition) is 1.